The summed E-state index contributed by atoms with van der Waals surface area (Å²) >= 11 is 0. The van der Waals surface area contributed by atoms with E-state index < -0.39 is 11.3 Å². The van der Waals surface area contributed by atoms with Gasteiger partial charge < -0.3 is 15.6 Å². The van der Waals surface area contributed by atoms with Crippen LogP contribution < -0.4 is 10.5 Å². The molecule has 108 valence electrons. The van der Waals surface area contributed by atoms with Crippen molar-refractivity contribution in [3.05, 3.63) is 65.7 Å². The quantitative estimate of drug-likeness (QED) is 0.885. The van der Waals surface area contributed by atoms with E-state index in [4.69, 9.17) is 10.5 Å². The number of hydrogen-bond acceptors (Lipinski definition) is 4. The number of rotatable bonds is 2. The molecule has 0 bridgehead atoms. The number of amides is 1. The van der Waals surface area contributed by atoms with Gasteiger partial charge in [-0.15, -0.1) is 0 Å². The lowest BCUT2D eigenvalue weighted by atomic mass is 9.78. The first-order valence-electron chi connectivity index (χ1n) is 6.57. The number of carbonyl (C=O) groups excluding carboxylic acids is 1. The number of hydrogen-bond donors (Lipinski definition) is 2. The smallest absolute Gasteiger partial charge is 0.246 e. The molecule has 3 N–H and O–H groups in total. The number of ether oxygens (including phenoxy) is 1. The van der Waals surface area contributed by atoms with Crippen molar-refractivity contribution in [1.82, 2.24) is 0 Å². The molecule has 1 aliphatic heterocycles. The number of fused-ring (bicyclic) bond motifs is 1. The van der Waals surface area contributed by atoms with E-state index in [-0.39, 0.29) is 11.3 Å². The lowest BCUT2D eigenvalue weighted by molar-refractivity contribution is -0.120. The highest BCUT2D eigenvalue weighted by Crippen LogP contribution is 2.42. The molecule has 3 rings (SSSR count). The minimum absolute atomic E-state index is 0.0696. The Hall–Kier alpha value is -3.26. The molecule has 1 aliphatic rings. The zero-order valence-electron chi connectivity index (χ0n) is 11.5. The van der Waals surface area contributed by atoms with Crippen molar-refractivity contribution in [2.24, 2.45) is 5.73 Å². The van der Waals surface area contributed by atoms with Crippen LogP contribution in [0.4, 0.5) is 0 Å². The number of benzene rings is 2. The molecule has 2 aromatic rings. The van der Waals surface area contributed by atoms with Crippen LogP contribution in [0.5, 0.6) is 11.5 Å². The van der Waals surface area contributed by atoms with Crippen molar-refractivity contribution in [2.45, 2.75) is 5.41 Å². The number of nitrogens with zero attached hydrogens (tertiary/aromatic N) is 1. The van der Waals surface area contributed by atoms with Crippen LogP contribution in [0.1, 0.15) is 11.1 Å². The Labute approximate surface area is 126 Å². The fourth-order valence-corrected chi connectivity index (χ4v) is 2.43. The second-order valence-electron chi connectivity index (χ2n) is 4.94. The van der Waals surface area contributed by atoms with Crippen LogP contribution >= 0.6 is 0 Å². The molecule has 0 fully saturated rings. The van der Waals surface area contributed by atoms with Gasteiger partial charge in [-0.25, -0.2) is 0 Å². The number of nitriles is 1. The molecule has 0 aliphatic carbocycles. The third-order valence-corrected chi connectivity index (χ3v) is 3.58. The normalized spacial score (nSPS) is 19.3. The Morgan fingerprint density at radius 3 is 2.59 bits per heavy atom. The number of phenols is 1. The summed E-state index contributed by atoms with van der Waals surface area (Å²) in [4.78, 5) is 12.0. The van der Waals surface area contributed by atoms with Crippen molar-refractivity contribution in [3.63, 3.8) is 0 Å². The van der Waals surface area contributed by atoms with Gasteiger partial charge in [0.05, 0.1) is 6.07 Å². The zero-order chi connectivity index (χ0) is 15.7. The maximum Gasteiger partial charge on any atom is 0.246 e. The molecular formula is C17H12N2O3. The van der Waals surface area contributed by atoms with Gasteiger partial charge in [0.2, 0.25) is 5.91 Å². The van der Waals surface area contributed by atoms with Crippen molar-refractivity contribution in [3.8, 4) is 17.6 Å². The zero-order valence-corrected chi connectivity index (χ0v) is 11.5. The van der Waals surface area contributed by atoms with E-state index in [2.05, 4.69) is 0 Å². The summed E-state index contributed by atoms with van der Waals surface area (Å²) in [6.45, 7) is 0. The van der Waals surface area contributed by atoms with E-state index >= 15 is 0 Å². The topological polar surface area (TPSA) is 96.3 Å². The summed E-state index contributed by atoms with van der Waals surface area (Å²) in [6.07, 6.45) is 1.40. The van der Waals surface area contributed by atoms with Crippen molar-refractivity contribution in [1.29, 1.82) is 5.26 Å². The molecule has 0 spiro atoms. The highest BCUT2D eigenvalue weighted by Gasteiger charge is 2.43. The highest BCUT2D eigenvalue weighted by atomic mass is 16.5. The SMILES string of the molecule is N#CC1(C(N)=O)C=C(c2ccccc2)Oc2ccc(O)cc21. The Balaban J connectivity index is 2.26. The number of primary amides is 1. The second-order valence-corrected chi connectivity index (χ2v) is 4.94. The van der Waals surface area contributed by atoms with Gasteiger partial charge in [0.15, 0.2) is 5.41 Å². The van der Waals surface area contributed by atoms with E-state index in [1.807, 2.05) is 24.3 Å². The number of carbonyl (C=O) groups is 1. The average Bonchev–Trinajstić information content (AvgIpc) is 2.54. The Bertz CT molecular complexity index is 822. The van der Waals surface area contributed by atoms with E-state index in [9.17, 15) is 15.2 Å². The first kappa shape index (κ1) is 13.7. The summed E-state index contributed by atoms with van der Waals surface area (Å²) in [5.41, 5.74) is 4.75. The molecule has 1 amide bonds. The van der Waals surface area contributed by atoms with Crippen LogP contribution in [-0.2, 0) is 10.2 Å². The molecule has 0 saturated heterocycles. The number of aromatic hydroxyl groups is 1. The van der Waals surface area contributed by atoms with Crippen LogP contribution in [0.2, 0.25) is 0 Å². The number of nitrogens with two attached hydrogens (primary N) is 1. The minimum atomic E-state index is -1.68. The van der Waals surface area contributed by atoms with Gasteiger partial charge in [0.1, 0.15) is 17.3 Å². The monoisotopic (exact) mass is 292 g/mol. The van der Waals surface area contributed by atoms with Crippen LogP contribution in [0, 0.1) is 11.3 Å². The standard InChI is InChI=1S/C17H12N2O3/c18-10-17(16(19)21)9-15(11-4-2-1-3-5-11)22-14-7-6-12(20)8-13(14)17/h1-9,20H,(H2,19,21). The summed E-state index contributed by atoms with van der Waals surface area (Å²) < 4.78 is 5.77. The van der Waals surface area contributed by atoms with Gasteiger partial charge in [-0.05, 0) is 24.3 Å². The highest BCUT2D eigenvalue weighted by molar-refractivity contribution is 5.96. The van der Waals surface area contributed by atoms with Crippen LogP contribution in [-0.4, -0.2) is 11.0 Å². The Morgan fingerprint density at radius 1 is 1.23 bits per heavy atom. The molecule has 22 heavy (non-hydrogen) atoms. The lowest BCUT2D eigenvalue weighted by Crippen LogP contribution is -2.40. The largest absolute Gasteiger partial charge is 0.508 e. The number of phenolic OH excluding ortho intramolecular Hbond substituents is 1. The molecule has 0 saturated carbocycles. The van der Waals surface area contributed by atoms with Crippen LogP contribution in [0.3, 0.4) is 0 Å². The summed E-state index contributed by atoms with van der Waals surface area (Å²) in [5.74, 6) is -0.197. The van der Waals surface area contributed by atoms with Gasteiger partial charge in [-0.2, -0.15) is 5.26 Å². The fourth-order valence-electron chi connectivity index (χ4n) is 2.43. The van der Waals surface area contributed by atoms with Gasteiger partial charge in [-0.1, -0.05) is 30.3 Å². The van der Waals surface area contributed by atoms with Crippen LogP contribution in [0.25, 0.3) is 5.76 Å². The summed E-state index contributed by atoms with van der Waals surface area (Å²) in [7, 11) is 0. The molecule has 0 radical (unpaired) electrons. The summed E-state index contributed by atoms with van der Waals surface area (Å²) in [5, 5.41) is 19.2. The first-order valence-corrected chi connectivity index (χ1v) is 6.57. The molecule has 0 aromatic heterocycles. The maximum absolute atomic E-state index is 12.0. The van der Waals surface area contributed by atoms with Gasteiger partial charge in [-0.3, -0.25) is 4.79 Å². The van der Waals surface area contributed by atoms with Crippen molar-refractivity contribution < 1.29 is 14.6 Å². The van der Waals surface area contributed by atoms with Gasteiger partial charge in [0.25, 0.3) is 0 Å². The first-order chi connectivity index (χ1) is 10.6. The molecule has 5 nitrogen and oxygen atoms in total. The van der Waals surface area contributed by atoms with Gasteiger partial charge >= 0.3 is 0 Å². The predicted molar refractivity (Wildman–Crippen MR) is 79.6 cm³/mol. The molecular weight excluding hydrogens is 280 g/mol. The third kappa shape index (κ3) is 1.98. The third-order valence-electron chi connectivity index (χ3n) is 3.58. The van der Waals surface area contributed by atoms with E-state index in [1.54, 1.807) is 12.1 Å². The van der Waals surface area contributed by atoms with E-state index in [1.165, 1.54) is 24.3 Å². The average molecular weight is 292 g/mol. The minimum Gasteiger partial charge on any atom is -0.508 e. The molecule has 1 heterocycles. The Morgan fingerprint density at radius 2 is 1.95 bits per heavy atom. The molecule has 2 aromatic carbocycles. The van der Waals surface area contributed by atoms with Crippen LogP contribution in [0.15, 0.2) is 54.6 Å². The van der Waals surface area contributed by atoms with Crippen molar-refractivity contribution >= 4 is 11.7 Å². The predicted octanol–water partition coefficient (Wildman–Crippen LogP) is 2.07. The molecule has 1 unspecified atom stereocenters. The van der Waals surface area contributed by atoms with E-state index in [0.29, 0.717) is 11.5 Å². The second kappa shape index (κ2) is 4.93. The molecule has 5 heteroatoms. The lowest BCUT2D eigenvalue weighted by Gasteiger charge is -2.29. The van der Waals surface area contributed by atoms with Crippen molar-refractivity contribution in [2.75, 3.05) is 0 Å². The van der Waals surface area contributed by atoms with E-state index in [0.717, 1.165) is 5.56 Å². The Kier molecular flexibility index (Phi) is 3.08. The fraction of sp³-hybridized carbons (Fsp3) is 0.0588. The summed E-state index contributed by atoms with van der Waals surface area (Å²) in [6, 6.07) is 15.3. The van der Waals surface area contributed by atoms with Gasteiger partial charge in [0, 0.05) is 11.1 Å². The molecule has 1 atom stereocenters. The maximum atomic E-state index is 12.0.